The van der Waals surface area contributed by atoms with Crippen LogP contribution in [0.3, 0.4) is 0 Å². The van der Waals surface area contributed by atoms with E-state index in [2.05, 4.69) is 6.92 Å². The molecule has 2 saturated carbocycles. The maximum atomic E-state index is 12.1. The Labute approximate surface area is 117 Å². The third kappa shape index (κ3) is 4.20. The van der Waals surface area contributed by atoms with Gasteiger partial charge in [-0.15, -0.1) is 0 Å². The maximum Gasteiger partial charge on any atom is 0.307 e. The van der Waals surface area contributed by atoms with Crippen molar-refractivity contribution >= 4 is 5.97 Å². The second-order valence-corrected chi connectivity index (χ2v) is 6.58. The summed E-state index contributed by atoms with van der Waals surface area (Å²) in [6.45, 7) is 2.20. The Morgan fingerprint density at radius 2 is 1.84 bits per heavy atom. The molecule has 19 heavy (non-hydrogen) atoms. The van der Waals surface area contributed by atoms with E-state index in [0.717, 1.165) is 38.5 Å². The van der Waals surface area contributed by atoms with Crippen LogP contribution in [0.1, 0.15) is 77.6 Å². The monoisotopic (exact) mass is 267 g/mol. The molecule has 0 aromatic heterocycles. The Balaban J connectivity index is 1.82. The van der Waals surface area contributed by atoms with E-state index in [-0.39, 0.29) is 17.6 Å². The lowest BCUT2D eigenvalue weighted by molar-refractivity contribution is -0.155. The number of carbonyl (C=O) groups is 1. The van der Waals surface area contributed by atoms with Crippen LogP contribution in [-0.2, 0) is 9.53 Å². The Morgan fingerprint density at radius 1 is 1.16 bits per heavy atom. The first-order chi connectivity index (χ1) is 9.13. The second-order valence-electron chi connectivity index (χ2n) is 6.58. The molecule has 110 valence electrons. The van der Waals surface area contributed by atoms with Crippen LogP contribution in [0.15, 0.2) is 0 Å². The SMILES string of the molecule is CCC1CCCCC1OC(=O)CC1(N)CCCCC1. The van der Waals surface area contributed by atoms with Crippen molar-refractivity contribution in [2.24, 2.45) is 11.7 Å². The van der Waals surface area contributed by atoms with Crippen LogP contribution in [0.2, 0.25) is 0 Å². The van der Waals surface area contributed by atoms with Crippen molar-refractivity contribution in [3.05, 3.63) is 0 Å². The average Bonchev–Trinajstić information content (AvgIpc) is 2.39. The predicted molar refractivity (Wildman–Crippen MR) is 76.7 cm³/mol. The molecule has 2 rings (SSSR count). The van der Waals surface area contributed by atoms with Gasteiger partial charge in [0.2, 0.25) is 0 Å². The largest absolute Gasteiger partial charge is 0.462 e. The van der Waals surface area contributed by atoms with Gasteiger partial charge < -0.3 is 10.5 Å². The number of rotatable bonds is 4. The van der Waals surface area contributed by atoms with Crippen LogP contribution >= 0.6 is 0 Å². The summed E-state index contributed by atoms with van der Waals surface area (Å²) in [4.78, 5) is 12.1. The van der Waals surface area contributed by atoms with Crippen LogP contribution in [-0.4, -0.2) is 17.6 Å². The molecule has 0 heterocycles. The summed E-state index contributed by atoms with van der Waals surface area (Å²) in [5.74, 6) is 0.507. The molecule has 2 fully saturated rings. The first kappa shape index (κ1) is 14.8. The second kappa shape index (κ2) is 6.74. The normalized spacial score (nSPS) is 30.8. The van der Waals surface area contributed by atoms with Crippen LogP contribution in [0.25, 0.3) is 0 Å². The molecule has 2 unspecified atom stereocenters. The molecule has 0 aliphatic heterocycles. The van der Waals surface area contributed by atoms with E-state index >= 15 is 0 Å². The number of ether oxygens (including phenoxy) is 1. The molecule has 0 amide bonds. The Hall–Kier alpha value is -0.570. The third-order valence-corrected chi connectivity index (χ3v) is 4.99. The number of esters is 1. The van der Waals surface area contributed by atoms with Gasteiger partial charge in [-0.2, -0.15) is 0 Å². The summed E-state index contributed by atoms with van der Waals surface area (Å²) < 4.78 is 5.74. The number of nitrogens with two attached hydrogens (primary N) is 1. The molecule has 3 heteroatoms. The van der Waals surface area contributed by atoms with Crippen LogP contribution in [0.4, 0.5) is 0 Å². The van der Waals surface area contributed by atoms with Gasteiger partial charge >= 0.3 is 5.97 Å². The molecule has 2 aliphatic carbocycles. The lowest BCUT2D eigenvalue weighted by Crippen LogP contribution is -2.44. The first-order valence-corrected chi connectivity index (χ1v) is 8.11. The molecule has 0 radical (unpaired) electrons. The summed E-state index contributed by atoms with van der Waals surface area (Å²) in [5, 5.41) is 0. The van der Waals surface area contributed by atoms with Crippen molar-refractivity contribution in [2.45, 2.75) is 89.2 Å². The zero-order chi connectivity index (χ0) is 13.7. The third-order valence-electron chi connectivity index (χ3n) is 4.99. The molecular weight excluding hydrogens is 238 g/mol. The Bertz CT molecular complexity index is 297. The summed E-state index contributed by atoms with van der Waals surface area (Å²) >= 11 is 0. The summed E-state index contributed by atoms with van der Waals surface area (Å²) in [7, 11) is 0. The molecular formula is C16H29NO2. The molecule has 0 aromatic rings. The molecule has 0 bridgehead atoms. The fourth-order valence-corrected chi connectivity index (χ4v) is 3.73. The highest BCUT2D eigenvalue weighted by Crippen LogP contribution is 2.32. The fourth-order valence-electron chi connectivity index (χ4n) is 3.73. The van der Waals surface area contributed by atoms with Gasteiger partial charge in [0.15, 0.2) is 0 Å². The molecule has 0 spiro atoms. The van der Waals surface area contributed by atoms with Crippen molar-refractivity contribution in [1.82, 2.24) is 0 Å². The Kier molecular flexibility index (Phi) is 5.26. The van der Waals surface area contributed by atoms with Crippen LogP contribution in [0.5, 0.6) is 0 Å². The van der Waals surface area contributed by atoms with Crippen LogP contribution in [0, 0.1) is 5.92 Å². The minimum absolute atomic E-state index is 0.0604. The topological polar surface area (TPSA) is 52.3 Å². The van der Waals surface area contributed by atoms with Crippen molar-refractivity contribution in [1.29, 1.82) is 0 Å². The van der Waals surface area contributed by atoms with Gasteiger partial charge in [0.1, 0.15) is 6.10 Å². The van der Waals surface area contributed by atoms with Gasteiger partial charge in [0, 0.05) is 5.54 Å². The van der Waals surface area contributed by atoms with E-state index in [1.165, 1.54) is 25.7 Å². The van der Waals surface area contributed by atoms with E-state index in [4.69, 9.17) is 10.5 Å². The van der Waals surface area contributed by atoms with Gasteiger partial charge in [-0.05, 0) is 44.4 Å². The highest BCUT2D eigenvalue weighted by atomic mass is 16.5. The van der Waals surface area contributed by atoms with E-state index in [9.17, 15) is 4.79 Å². The van der Waals surface area contributed by atoms with Crippen LogP contribution < -0.4 is 5.73 Å². The maximum absolute atomic E-state index is 12.1. The number of hydrogen-bond acceptors (Lipinski definition) is 3. The number of carbonyl (C=O) groups excluding carboxylic acids is 1. The van der Waals surface area contributed by atoms with Crippen molar-refractivity contribution in [2.75, 3.05) is 0 Å². The van der Waals surface area contributed by atoms with Crippen molar-refractivity contribution < 1.29 is 9.53 Å². The zero-order valence-corrected chi connectivity index (χ0v) is 12.3. The smallest absolute Gasteiger partial charge is 0.307 e. The van der Waals surface area contributed by atoms with Crippen molar-refractivity contribution in [3.63, 3.8) is 0 Å². The predicted octanol–water partition coefficient (Wildman–Crippen LogP) is 3.55. The molecule has 2 N–H and O–H groups in total. The van der Waals surface area contributed by atoms with Gasteiger partial charge in [-0.25, -0.2) is 0 Å². The summed E-state index contributed by atoms with van der Waals surface area (Å²) in [6.07, 6.45) is 11.9. The number of hydrogen-bond donors (Lipinski definition) is 1. The minimum Gasteiger partial charge on any atom is -0.462 e. The van der Waals surface area contributed by atoms with E-state index in [0.29, 0.717) is 12.3 Å². The average molecular weight is 267 g/mol. The molecule has 3 nitrogen and oxygen atoms in total. The quantitative estimate of drug-likeness (QED) is 0.792. The molecule has 0 saturated heterocycles. The highest BCUT2D eigenvalue weighted by molar-refractivity contribution is 5.71. The van der Waals surface area contributed by atoms with E-state index in [1.807, 2.05) is 0 Å². The molecule has 2 atom stereocenters. The van der Waals surface area contributed by atoms with Crippen molar-refractivity contribution in [3.8, 4) is 0 Å². The fraction of sp³-hybridized carbons (Fsp3) is 0.938. The standard InChI is InChI=1S/C16H29NO2/c1-2-13-8-4-5-9-14(13)19-15(18)12-16(17)10-6-3-7-11-16/h13-14H,2-12,17H2,1H3. The van der Waals surface area contributed by atoms with Gasteiger partial charge in [-0.3, -0.25) is 4.79 Å². The zero-order valence-electron chi connectivity index (χ0n) is 12.3. The molecule has 0 aromatic carbocycles. The lowest BCUT2D eigenvalue weighted by atomic mass is 9.80. The summed E-state index contributed by atoms with van der Waals surface area (Å²) in [5.41, 5.74) is 6.05. The van der Waals surface area contributed by atoms with Gasteiger partial charge in [0.25, 0.3) is 0 Å². The molecule has 2 aliphatic rings. The minimum atomic E-state index is -0.286. The van der Waals surface area contributed by atoms with E-state index in [1.54, 1.807) is 0 Å². The Morgan fingerprint density at radius 3 is 2.53 bits per heavy atom. The van der Waals surface area contributed by atoms with E-state index < -0.39 is 0 Å². The van der Waals surface area contributed by atoms with Gasteiger partial charge in [-0.1, -0.05) is 32.6 Å². The van der Waals surface area contributed by atoms with Gasteiger partial charge in [0.05, 0.1) is 6.42 Å². The highest BCUT2D eigenvalue weighted by Gasteiger charge is 2.33. The summed E-state index contributed by atoms with van der Waals surface area (Å²) in [6, 6.07) is 0. The first-order valence-electron chi connectivity index (χ1n) is 8.11. The lowest BCUT2D eigenvalue weighted by Gasteiger charge is -2.34.